The summed E-state index contributed by atoms with van der Waals surface area (Å²) in [5, 5.41) is 0.923. The lowest BCUT2D eigenvalue weighted by atomic mass is 10.2. The molecule has 0 saturated carbocycles. The summed E-state index contributed by atoms with van der Waals surface area (Å²) in [6.45, 7) is 2.14. The Hall–Kier alpha value is -1.88. The number of nitrogens with two attached hydrogens (primary N) is 1. The SMILES string of the molecule is CC(=O)c1sc(N(C)Cc2ccc(F)cc2)cc1N. The van der Waals surface area contributed by atoms with E-state index in [1.165, 1.54) is 30.4 Å². The van der Waals surface area contributed by atoms with Gasteiger partial charge < -0.3 is 10.6 Å². The molecule has 1 heterocycles. The minimum absolute atomic E-state index is 0.0241. The molecule has 0 radical (unpaired) electrons. The van der Waals surface area contributed by atoms with Crippen molar-refractivity contribution >= 4 is 27.8 Å². The van der Waals surface area contributed by atoms with E-state index in [0.717, 1.165) is 10.6 Å². The average molecular weight is 278 g/mol. The van der Waals surface area contributed by atoms with Crippen LogP contribution in [0.2, 0.25) is 0 Å². The Morgan fingerprint density at radius 3 is 2.53 bits per heavy atom. The lowest BCUT2D eigenvalue weighted by Gasteiger charge is -2.16. The molecule has 0 atom stereocenters. The van der Waals surface area contributed by atoms with E-state index in [1.807, 2.05) is 11.9 Å². The van der Waals surface area contributed by atoms with Crippen molar-refractivity contribution in [3.63, 3.8) is 0 Å². The summed E-state index contributed by atoms with van der Waals surface area (Å²) in [5.41, 5.74) is 7.32. The maximum absolute atomic E-state index is 12.8. The van der Waals surface area contributed by atoms with E-state index in [0.29, 0.717) is 17.1 Å². The number of hydrogen-bond acceptors (Lipinski definition) is 4. The summed E-state index contributed by atoms with van der Waals surface area (Å²) in [4.78, 5) is 13.9. The number of carbonyl (C=O) groups excluding carboxylic acids is 1. The van der Waals surface area contributed by atoms with Crippen LogP contribution < -0.4 is 10.6 Å². The van der Waals surface area contributed by atoms with Crippen molar-refractivity contribution in [3.8, 4) is 0 Å². The standard InChI is InChI=1S/C14H15FN2OS/c1-9(18)14-12(16)7-13(19-14)17(2)8-10-3-5-11(15)6-4-10/h3-7H,8,16H2,1-2H3. The fourth-order valence-corrected chi connectivity index (χ4v) is 2.73. The summed E-state index contributed by atoms with van der Waals surface area (Å²) < 4.78 is 12.8. The van der Waals surface area contributed by atoms with Gasteiger partial charge in [-0.1, -0.05) is 12.1 Å². The second-order valence-corrected chi connectivity index (χ2v) is 5.44. The van der Waals surface area contributed by atoms with Crippen LogP contribution in [0.25, 0.3) is 0 Å². The van der Waals surface area contributed by atoms with Gasteiger partial charge in [0.25, 0.3) is 0 Å². The van der Waals surface area contributed by atoms with Crippen LogP contribution in [0.15, 0.2) is 30.3 Å². The molecule has 5 heteroatoms. The fraction of sp³-hybridized carbons (Fsp3) is 0.214. The largest absolute Gasteiger partial charge is 0.397 e. The minimum Gasteiger partial charge on any atom is -0.397 e. The van der Waals surface area contributed by atoms with Gasteiger partial charge in [0.15, 0.2) is 5.78 Å². The van der Waals surface area contributed by atoms with E-state index in [1.54, 1.807) is 18.2 Å². The molecular formula is C14H15FN2OS. The van der Waals surface area contributed by atoms with Crippen molar-refractivity contribution in [3.05, 3.63) is 46.6 Å². The van der Waals surface area contributed by atoms with E-state index in [9.17, 15) is 9.18 Å². The van der Waals surface area contributed by atoms with E-state index in [-0.39, 0.29) is 11.6 Å². The zero-order chi connectivity index (χ0) is 14.0. The zero-order valence-electron chi connectivity index (χ0n) is 10.8. The Bertz CT molecular complexity index is 592. The molecule has 2 aromatic rings. The maximum Gasteiger partial charge on any atom is 0.171 e. The number of nitrogen functional groups attached to an aromatic ring is 1. The Labute approximate surface area is 115 Å². The predicted molar refractivity (Wildman–Crippen MR) is 77.2 cm³/mol. The summed E-state index contributed by atoms with van der Waals surface area (Å²) in [7, 11) is 1.92. The molecule has 0 fully saturated rings. The number of nitrogens with zero attached hydrogens (tertiary/aromatic N) is 1. The van der Waals surface area contributed by atoms with Gasteiger partial charge in [-0.25, -0.2) is 4.39 Å². The normalized spacial score (nSPS) is 10.5. The molecule has 2 rings (SSSR count). The molecule has 1 aromatic carbocycles. The summed E-state index contributed by atoms with van der Waals surface area (Å²) in [6, 6.07) is 8.16. The fourth-order valence-electron chi connectivity index (χ4n) is 1.80. The van der Waals surface area contributed by atoms with E-state index in [4.69, 9.17) is 5.73 Å². The maximum atomic E-state index is 12.8. The molecule has 0 aliphatic heterocycles. The molecular weight excluding hydrogens is 263 g/mol. The number of ketones is 1. The van der Waals surface area contributed by atoms with Crippen molar-refractivity contribution < 1.29 is 9.18 Å². The van der Waals surface area contributed by atoms with Gasteiger partial charge in [0.1, 0.15) is 5.82 Å². The van der Waals surface area contributed by atoms with Crippen LogP contribution in [-0.4, -0.2) is 12.8 Å². The van der Waals surface area contributed by atoms with Gasteiger partial charge in [-0.15, -0.1) is 11.3 Å². The minimum atomic E-state index is -0.245. The predicted octanol–water partition coefficient (Wildman–Crippen LogP) is 3.31. The Balaban J connectivity index is 2.15. The van der Waals surface area contributed by atoms with Crippen LogP contribution in [-0.2, 0) is 6.54 Å². The van der Waals surface area contributed by atoms with Crippen molar-refractivity contribution in [2.24, 2.45) is 0 Å². The monoisotopic (exact) mass is 278 g/mol. The molecule has 0 bridgehead atoms. The zero-order valence-corrected chi connectivity index (χ0v) is 11.6. The third-order valence-electron chi connectivity index (χ3n) is 2.78. The molecule has 0 saturated heterocycles. The molecule has 0 unspecified atom stereocenters. The van der Waals surface area contributed by atoms with E-state index >= 15 is 0 Å². The van der Waals surface area contributed by atoms with Gasteiger partial charge >= 0.3 is 0 Å². The topological polar surface area (TPSA) is 46.3 Å². The highest BCUT2D eigenvalue weighted by molar-refractivity contribution is 7.18. The van der Waals surface area contributed by atoms with E-state index < -0.39 is 0 Å². The molecule has 1 aromatic heterocycles. The van der Waals surface area contributed by atoms with Gasteiger partial charge in [0.05, 0.1) is 15.6 Å². The number of benzene rings is 1. The average Bonchev–Trinajstić information content (AvgIpc) is 2.74. The lowest BCUT2D eigenvalue weighted by Crippen LogP contribution is -2.14. The van der Waals surface area contributed by atoms with Crippen molar-refractivity contribution in [1.29, 1.82) is 0 Å². The summed E-state index contributed by atoms with van der Waals surface area (Å²) >= 11 is 1.38. The number of Topliss-reactive ketones (excluding diaryl/α,β-unsaturated/α-hetero) is 1. The van der Waals surface area contributed by atoms with Gasteiger partial charge in [-0.05, 0) is 23.8 Å². The Morgan fingerprint density at radius 1 is 1.37 bits per heavy atom. The number of carbonyl (C=O) groups is 1. The van der Waals surface area contributed by atoms with Crippen LogP contribution in [0, 0.1) is 5.82 Å². The highest BCUT2D eigenvalue weighted by Gasteiger charge is 2.13. The molecule has 0 amide bonds. The number of rotatable bonds is 4. The number of thiophene rings is 1. The van der Waals surface area contributed by atoms with Crippen LogP contribution in [0.5, 0.6) is 0 Å². The second kappa shape index (κ2) is 5.40. The molecule has 0 aliphatic rings. The highest BCUT2D eigenvalue weighted by Crippen LogP contribution is 2.32. The quantitative estimate of drug-likeness (QED) is 0.873. The first-order valence-electron chi connectivity index (χ1n) is 5.83. The third kappa shape index (κ3) is 3.12. The van der Waals surface area contributed by atoms with Gasteiger partial charge in [-0.2, -0.15) is 0 Å². The smallest absolute Gasteiger partial charge is 0.171 e. The number of hydrogen-bond donors (Lipinski definition) is 1. The second-order valence-electron chi connectivity index (χ2n) is 4.41. The lowest BCUT2D eigenvalue weighted by molar-refractivity contribution is 0.102. The van der Waals surface area contributed by atoms with Gasteiger partial charge in [-0.3, -0.25) is 4.79 Å². The van der Waals surface area contributed by atoms with Crippen LogP contribution in [0.4, 0.5) is 15.1 Å². The van der Waals surface area contributed by atoms with Crippen LogP contribution in [0.3, 0.4) is 0 Å². The number of anilines is 2. The molecule has 19 heavy (non-hydrogen) atoms. The molecule has 3 nitrogen and oxygen atoms in total. The first-order chi connectivity index (χ1) is 8.97. The van der Waals surface area contributed by atoms with Crippen molar-refractivity contribution in [1.82, 2.24) is 0 Å². The first kappa shape index (κ1) is 13.5. The summed E-state index contributed by atoms with van der Waals surface area (Å²) in [6.07, 6.45) is 0. The molecule has 0 spiro atoms. The first-order valence-corrected chi connectivity index (χ1v) is 6.65. The summed E-state index contributed by atoms with van der Waals surface area (Å²) in [5.74, 6) is -0.269. The van der Waals surface area contributed by atoms with Gasteiger partial charge in [0, 0.05) is 20.5 Å². The highest BCUT2D eigenvalue weighted by atomic mass is 32.1. The van der Waals surface area contributed by atoms with Crippen molar-refractivity contribution in [2.75, 3.05) is 17.7 Å². The molecule has 100 valence electrons. The van der Waals surface area contributed by atoms with Crippen LogP contribution in [0.1, 0.15) is 22.2 Å². The molecule has 0 aliphatic carbocycles. The third-order valence-corrected chi connectivity index (χ3v) is 4.14. The molecule has 2 N–H and O–H groups in total. The van der Waals surface area contributed by atoms with Crippen LogP contribution >= 0.6 is 11.3 Å². The Morgan fingerprint density at radius 2 is 2.00 bits per heavy atom. The van der Waals surface area contributed by atoms with Crippen molar-refractivity contribution in [2.45, 2.75) is 13.5 Å². The Kier molecular flexibility index (Phi) is 3.85. The van der Waals surface area contributed by atoms with Gasteiger partial charge in [0.2, 0.25) is 0 Å². The van der Waals surface area contributed by atoms with E-state index in [2.05, 4.69) is 0 Å². The number of halogens is 1.